The van der Waals surface area contributed by atoms with Gasteiger partial charge >= 0.3 is 6.18 Å². The minimum Gasteiger partial charge on any atom is -0.302 e. The molecule has 0 unspecified atom stereocenters. The molecule has 5 nitrogen and oxygen atoms in total. The summed E-state index contributed by atoms with van der Waals surface area (Å²) in [6.07, 6.45) is -2.37. The zero-order chi connectivity index (χ0) is 15.4. The third kappa shape index (κ3) is 7.41. The number of halogens is 3. The summed E-state index contributed by atoms with van der Waals surface area (Å²) in [5, 5.41) is 0. The van der Waals surface area contributed by atoms with E-state index in [0.717, 1.165) is 25.9 Å². The Morgan fingerprint density at radius 3 is 2.45 bits per heavy atom. The Kier molecular flexibility index (Phi) is 5.82. The molecule has 1 aliphatic rings. The summed E-state index contributed by atoms with van der Waals surface area (Å²) in [5.74, 6) is 0. The Bertz CT molecular complexity index is 410. The van der Waals surface area contributed by atoms with Crippen LogP contribution in [0.2, 0.25) is 0 Å². The molecule has 0 aromatic heterocycles. The van der Waals surface area contributed by atoms with Crippen molar-refractivity contribution >= 4 is 10.2 Å². The van der Waals surface area contributed by atoms with Gasteiger partial charge in [0.15, 0.2) is 0 Å². The van der Waals surface area contributed by atoms with Crippen LogP contribution in [0.25, 0.3) is 0 Å². The molecule has 0 radical (unpaired) electrons. The van der Waals surface area contributed by atoms with E-state index in [9.17, 15) is 21.6 Å². The predicted molar refractivity (Wildman–Crippen MR) is 70.4 cm³/mol. The topological polar surface area (TPSA) is 61.4 Å². The Hall–Kier alpha value is -0.380. The summed E-state index contributed by atoms with van der Waals surface area (Å²) < 4.78 is 62.0. The first-order valence-electron chi connectivity index (χ1n) is 6.52. The van der Waals surface area contributed by atoms with Gasteiger partial charge in [0.2, 0.25) is 0 Å². The molecule has 0 aliphatic carbocycles. The summed E-state index contributed by atoms with van der Waals surface area (Å²) in [6, 6.07) is 0. The van der Waals surface area contributed by atoms with Crippen LogP contribution in [0.15, 0.2) is 0 Å². The molecular formula is C11H22F3N3O2S. The summed E-state index contributed by atoms with van der Waals surface area (Å²) >= 11 is 0. The van der Waals surface area contributed by atoms with Crippen LogP contribution in [-0.2, 0) is 10.2 Å². The van der Waals surface area contributed by atoms with Crippen molar-refractivity contribution in [2.45, 2.75) is 32.9 Å². The SMILES string of the molecule is CC1(C)CCCN(CCNS(=O)(=O)NCC(F)(F)F)C1. The minimum atomic E-state index is -4.55. The molecule has 0 saturated carbocycles. The molecule has 9 heteroatoms. The number of rotatable bonds is 6. The maximum Gasteiger partial charge on any atom is 0.402 e. The molecule has 0 aromatic rings. The Morgan fingerprint density at radius 2 is 1.90 bits per heavy atom. The summed E-state index contributed by atoms with van der Waals surface area (Å²) in [5.41, 5.74) is 0.200. The summed E-state index contributed by atoms with van der Waals surface area (Å²) in [4.78, 5) is 2.12. The second-order valence-corrected chi connectivity index (χ2v) is 7.46. The van der Waals surface area contributed by atoms with E-state index in [-0.39, 0.29) is 12.0 Å². The molecule has 120 valence electrons. The predicted octanol–water partition coefficient (Wildman–Crippen LogP) is 1.09. The molecule has 1 heterocycles. The molecule has 1 rings (SSSR count). The Labute approximate surface area is 118 Å². The summed E-state index contributed by atoms with van der Waals surface area (Å²) in [7, 11) is -4.09. The van der Waals surface area contributed by atoms with Crippen molar-refractivity contribution in [3.8, 4) is 0 Å². The van der Waals surface area contributed by atoms with Crippen molar-refractivity contribution in [2.75, 3.05) is 32.7 Å². The van der Waals surface area contributed by atoms with Crippen LogP contribution in [-0.4, -0.2) is 52.2 Å². The highest BCUT2D eigenvalue weighted by molar-refractivity contribution is 7.87. The second-order valence-electron chi connectivity index (χ2n) is 5.88. The van der Waals surface area contributed by atoms with Gasteiger partial charge in [-0.25, -0.2) is 4.72 Å². The lowest BCUT2D eigenvalue weighted by Gasteiger charge is -2.38. The number of piperidine rings is 1. The number of hydrogen-bond donors (Lipinski definition) is 2. The number of nitrogens with one attached hydrogen (secondary N) is 2. The van der Waals surface area contributed by atoms with Crippen molar-refractivity contribution in [2.24, 2.45) is 5.41 Å². The minimum absolute atomic E-state index is 0.100. The van der Waals surface area contributed by atoms with Crippen molar-refractivity contribution in [3.05, 3.63) is 0 Å². The highest BCUT2D eigenvalue weighted by atomic mass is 32.2. The first-order valence-corrected chi connectivity index (χ1v) is 8.01. The van der Waals surface area contributed by atoms with E-state index in [1.165, 1.54) is 4.72 Å². The van der Waals surface area contributed by atoms with Gasteiger partial charge in [0, 0.05) is 19.6 Å². The molecule has 0 aromatic carbocycles. The Morgan fingerprint density at radius 1 is 1.25 bits per heavy atom. The fourth-order valence-corrected chi connectivity index (χ4v) is 3.12. The van der Waals surface area contributed by atoms with E-state index in [4.69, 9.17) is 0 Å². The second kappa shape index (κ2) is 6.59. The van der Waals surface area contributed by atoms with Gasteiger partial charge in [-0.1, -0.05) is 13.8 Å². The third-order valence-electron chi connectivity index (χ3n) is 3.16. The normalized spacial score (nSPS) is 21.1. The van der Waals surface area contributed by atoms with E-state index in [1.807, 2.05) is 0 Å². The van der Waals surface area contributed by atoms with Gasteiger partial charge in [-0.15, -0.1) is 0 Å². The highest BCUT2D eigenvalue weighted by Crippen LogP contribution is 2.27. The number of hydrogen-bond acceptors (Lipinski definition) is 3. The molecule has 0 bridgehead atoms. The molecule has 1 saturated heterocycles. The van der Waals surface area contributed by atoms with Gasteiger partial charge in [-0.2, -0.15) is 26.3 Å². The summed E-state index contributed by atoms with van der Waals surface area (Å²) in [6.45, 7) is 5.09. The van der Waals surface area contributed by atoms with Crippen LogP contribution >= 0.6 is 0 Å². The van der Waals surface area contributed by atoms with E-state index in [1.54, 1.807) is 0 Å². The molecule has 20 heavy (non-hydrogen) atoms. The van der Waals surface area contributed by atoms with Gasteiger partial charge < -0.3 is 4.90 Å². The van der Waals surface area contributed by atoms with Gasteiger partial charge in [0.1, 0.15) is 6.54 Å². The van der Waals surface area contributed by atoms with Crippen molar-refractivity contribution in [1.82, 2.24) is 14.3 Å². The molecule has 0 amide bonds. The van der Waals surface area contributed by atoms with Crippen LogP contribution < -0.4 is 9.44 Å². The molecule has 0 spiro atoms. The van der Waals surface area contributed by atoms with E-state index in [2.05, 4.69) is 23.5 Å². The quantitative estimate of drug-likeness (QED) is 0.771. The molecule has 2 N–H and O–H groups in total. The average molecular weight is 317 g/mol. The largest absolute Gasteiger partial charge is 0.402 e. The van der Waals surface area contributed by atoms with Crippen LogP contribution in [0.5, 0.6) is 0 Å². The Balaban J connectivity index is 2.29. The lowest BCUT2D eigenvalue weighted by molar-refractivity contribution is -0.121. The van der Waals surface area contributed by atoms with Crippen LogP contribution in [0.3, 0.4) is 0 Å². The van der Waals surface area contributed by atoms with E-state index in [0.29, 0.717) is 6.54 Å². The van der Waals surface area contributed by atoms with Gasteiger partial charge in [0.25, 0.3) is 10.2 Å². The maximum atomic E-state index is 11.9. The molecule has 1 aliphatic heterocycles. The first kappa shape index (κ1) is 17.7. The number of likely N-dealkylation sites (tertiary alicyclic amines) is 1. The highest BCUT2D eigenvalue weighted by Gasteiger charge is 2.29. The van der Waals surface area contributed by atoms with E-state index >= 15 is 0 Å². The zero-order valence-corrected chi connectivity index (χ0v) is 12.6. The third-order valence-corrected chi connectivity index (χ3v) is 4.27. The van der Waals surface area contributed by atoms with E-state index < -0.39 is 22.9 Å². The zero-order valence-electron chi connectivity index (χ0n) is 11.8. The van der Waals surface area contributed by atoms with Crippen LogP contribution in [0.1, 0.15) is 26.7 Å². The fourth-order valence-electron chi connectivity index (χ4n) is 2.30. The molecular weight excluding hydrogens is 295 g/mol. The lowest BCUT2D eigenvalue weighted by Crippen LogP contribution is -2.46. The molecule has 1 fully saturated rings. The van der Waals surface area contributed by atoms with Crippen molar-refractivity contribution in [3.63, 3.8) is 0 Å². The van der Waals surface area contributed by atoms with Gasteiger partial charge in [0.05, 0.1) is 0 Å². The average Bonchev–Trinajstić information content (AvgIpc) is 2.24. The lowest BCUT2D eigenvalue weighted by atomic mass is 9.84. The van der Waals surface area contributed by atoms with Gasteiger partial charge in [-0.05, 0) is 24.8 Å². The van der Waals surface area contributed by atoms with Crippen molar-refractivity contribution < 1.29 is 21.6 Å². The smallest absolute Gasteiger partial charge is 0.302 e. The van der Waals surface area contributed by atoms with Crippen LogP contribution in [0, 0.1) is 5.41 Å². The first-order chi connectivity index (χ1) is 8.99. The standard InChI is InChI=1S/C11H22F3N3O2S/c1-10(2)4-3-6-17(9-10)7-5-15-20(18,19)16-8-11(12,13)14/h15-16H,3-9H2,1-2H3. The van der Waals surface area contributed by atoms with Crippen LogP contribution in [0.4, 0.5) is 13.2 Å². The number of alkyl halides is 3. The monoisotopic (exact) mass is 317 g/mol. The van der Waals surface area contributed by atoms with Crippen molar-refractivity contribution in [1.29, 1.82) is 0 Å². The fraction of sp³-hybridized carbons (Fsp3) is 1.00. The maximum absolute atomic E-state index is 11.9. The van der Waals surface area contributed by atoms with Gasteiger partial charge in [-0.3, -0.25) is 0 Å². The molecule has 0 atom stereocenters. The number of nitrogens with zero attached hydrogens (tertiary/aromatic N) is 1.